The number of sulfone groups is 1. The summed E-state index contributed by atoms with van der Waals surface area (Å²) in [5.41, 5.74) is 8.93. The molecule has 240 valence electrons. The lowest BCUT2D eigenvalue weighted by atomic mass is 9.93. The number of ether oxygens (including phenoxy) is 1. The lowest BCUT2D eigenvalue weighted by Crippen LogP contribution is -2.51. The molecule has 9 nitrogen and oxygen atoms in total. The van der Waals surface area contributed by atoms with E-state index >= 15 is 0 Å². The lowest BCUT2D eigenvalue weighted by Gasteiger charge is -2.42. The lowest BCUT2D eigenvalue weighted by molar-refractivity contribution is 0.0602. The van der Waals surface area contributed by atoms with Crippen molar-refractivity contribution < 1.29 is 17.6 Å². The number of benzene rings is 3. The van der Waals surface area contributed by atoms with Crippen molar-refractivity contribution in [3.63, 3.8) is 0 Å². The van der Waals surface area contributed by atoms with Crippen molar-refractivity contribution in [2.24, 2.45) is 5.73 Å². The van der Waals surface area contributed by atoms with Gasteiger partial charge in [0.1, 0.15) is 5.75 Å². The summed E-state index contributed by atoms with van der Waals surface area (Å²) >= 11 is 0. The molecular formula is C35H44N4O5S. The largest absolute Gasteiger partial charge is 0.493 e. The fourth-order valence-corrected chi connectivity index (χ4v) is 8.10. The van der Waals surface area contributed by atoms with Gasteiger partial charge < -0.3 is 14.9 Å². The van der Waals surface area contributed by atoms with Crippen LogP contribution in [0, 0.1) is 0 Å². The third-order valence-electron chi connectivity index (χ3n) is 9.54. The Labute approximate surface area is 265 Å². The number of hydrogen-bond donors (Lipinski definition) is 1. The van der Waals surface area contributed by atoms with Crippen LogP contribution >= 0.6 is 0 Å². The molecule has 10 heteroatoms. The van der Waals surface area contributed by atoms with Crippen molar-refractivity contribution in [1.82, 2.24) is 14.4 Å². The highest BCUT2D eigenvalue weighted by molar-refractivity contribution is 7.91. The molecule has 3 aromatic carbocycles. The number of nitrogens with two attached hydrogens (primary N) is 1. The molecule has 2 aliphatic rings. The van der Waals surface area contributed by atoms with Crippen LogP contribution in [0.3, 0.4) is 0 Å². The quantitative estimate of drug-likeness (QED) is 0.220. The predicted molar refractivity (Wildman–Crippen MR) is 175 cm³/mol. The zero-order chi connectivity index (χ0) is 31.4. The summed E-state index contributed by atoms with van der Waals surface area (Å²) < 4.78 is 39.9. The number of rotatable bonds is 11. The maximum Gasteiger partial charge on any atom is 0.419 e. The van der Waals surface area contributed by atoms with E-state index < -0.39 is 15.6 Å². The van der Waals surface area contributed by atoms with Crippen LogP contribution in [0.1, 0.15) is 62.6 Å². The molecule has 1 saturated carbocycles. The first-order valence-corrected chi connectivity index (χ1v) is 17.7. The molecule has 0 spiro atoms. The SMILES string of the molecule is CC(c1ccc(S(=O)(=O)c2cccc(OCCCn3c(=O)oc4cc(CN)ccc43)c2)cc1)N1CCN(C2CCCCC2)CC1. The Kier molecular flexibility index (Phi) is 9.75. The first-order valence-electron chi connectivity index (χ1n) is 16.2. The normalized spacial score (nSPS) is 17.9. The van der Waals surface area contributed by atoms with E-state index in [-0.39, 0.29) is 15.8 Å². The standard InChI is InChI=1S/C35H44N4O5S/c1-26(37-18-20-38(21-19-37)29-7-3-2-4-8-29)28-12-14-31(15-13-28)45(41,42)32-10-5-9-30(24-32)43-22-6-17-39-33-16-11-27(25-36)23-34(33)44-35(39)40/h5,9-16,23-24,26,29H,2-4,6-8,17-22,25,36H2,1H3. The zero-order valence-corrected chi connectivity index (χ0v) is 26.9. The summed E-state index contributed by atoms with van der Waals surface area (Å²) in [6, 6.07) is 20.4. The number of oxazole rings is 1. The molecule has 1 unspecified atom stereocenters. The topological polar surface area (TPSA) is 111 Å². The van der Waals surface area contributed by atoms with Crippen molar-refractivity contribution in [3.05, 3.63) is 88.4 Å². The maximum absolute atomic E-state index is 13.5. The third-order valence-corrected chi connectivity index (χ3v) is 11.3. The summed E-state index contributed by atoms with van der Waals surface area (Å²) in [5, 5.41) is 0. The molecule has 0 bridgehead atoms. The van der Waals surface area contributed by atoms with Gasteiger partial charge in [-0.2, -0.15) is 0 Å². The highest BCUT2D eigenvalue weighted by Gasteiger charge is 2.28. The van der Waals surface area contributed by atoms with Gasteiger partial charge in [-0.15, -0.1) is 0 Å². The first-order chi connectivity index (χ1) is 21.8. The van der Waals surface area contributed by atoms with E-state index in [9.17, 15) is 13.2 Å². The first kappa shape index (κ1) is 31.5. The number of fused-ring (bicyclic) bond motifs is 1. The minimum atomic E-state index is -3.72. The van der Waals surface area contributed by atoms with Crippen LogP contribution in [0.15, 0.2) is 85.7 Å². The van der Waals surface area contributed by atoms with Gasteiger partial charge in [0, 0.05) is 51.4 Å². The molecule has 1 aliphatic heterocycles. The second-order valence-corrected chi connectivity index (χ2v) is 14.3. The summed E-state index contributed by atoms with van der Waals surface area (Å²) in [6.07, 6.45) is 7.32. The molecular weight excluding hydrogens is 588 g/mol. The van der Waals surface area contributed by atoms with Gasteiger partial charge in [-0.3, -0.25) is 14.4 Å². The van der Waals surface area contributed by atoms with Crippen molar-refractivity contribution in [1.29, 1.82) is 0 Å². The second-order valence-electron chi connectivity index (χ2n) is 12.3. The van der Waals surface area contributed by atoms with Crippen molar-refractivity contribution in [3.8, 4) is 5.75 Å². The van der Waals surface area contributed by atoms with Gasteiger partial charge in [-0.25, -0.2) is 13.2 Å². The van der Waals surface area contributed by atoms with E-state index in [1.165, 1.54) is 32.1 Å². The molecule has 4 aromatic rings. The minimum Gasteiger partial charge on any atom is -0.493 e. The number of aryl methyl sites for hydroxylation is 1. The third kappa shape index (κ3) is 7.04. The van der Waals surface area contributed by atoms with Crippen molar-refractivity contribution in [2.75, 3.05) is 32.8 Å². The van der Waals surface area contributed by atoms with E-state index in [1.54, 1.807) is 47.0 Å². The van der Waals surface area contributed by atoms with E-state index in [2.05, 4.69) is 16.7 Å². The van der Waals surface area contributed by atoms with E-state index in [0.29, 0.717) is 43.0 Å². The van der Waals surface area contributed by atoms with E-state index in [4.69, 9.17) is 14.9 Å². The van der Waals surface area contributed by atoms with Crippen LogP contribution in [0.25, 0.3) is 11.1 Å². The average Bonchev–Trinajstić information content (AvgIpc) is 3.40. The molecule has 2 heterocycles. The summed E-state index contributed by atoms with van der Waals surface area (Å²) in [5.74, 6) is 0.0376. The van der Waals surface area contributed by atoms with E-state index in [0.717, 1.165) is 43.3 Å². The van der Waals surface area contributed by atoms with Crippen molar-refractivity contribution in [2.45, 2.75) is 80.4 Å². The smallest absolute Gasteiger partial charge is 0.419 e. The van der Waals surface area contributed by atoms with Crippen LogP contribution in [0.5, 0.6) is 5.75 Å². The molecule has 1 atom stereocenters. The number of aromatic nitrogens is 1. The Balaban J connectivity index is 1.04. The molecule has 45 heavy (non-hydrogen) atoms. The minimum absolute atomic E-state index is 0.187. The molecule has 2 fully saturated rings. The van der Waals surface area contributed by atoms with Gasteiger partial charge in [0.25, 0.3) is 0 Å². The fourth-order valence-electron chi connectivity index (χ4n) is 6.80. The van der Waals surface area contributed by atoms with Crippen LogP contribution in [0.2, 0.25) is 0 Å². The van der Waals surface area contributed by atoms with Crippen LogP contribution in [-0.4, -0.2) is 61.6 Å². The Morgan fingerprint density at radius 1 is 0.933 bits per heavy atom. The van der Waals surface area contributed by atoms with E-state index in [1.807, 2.05) is 24.3 Å². The maximum atomic E-state index is 13.5. The Morgan fingerprint density at radius 2 is 1.69 bits per heavy atom. The van der Waals surface area contributed by atoms with Gasteiger partial charge in [-0.1, -0.05) is 43.5 Å². The van der Waals surface area contributed by atoms with Gasteiger partial charge >= 0.3 is 5.76 Å². The molecule has 0 radical (unpaired) electrons. The number of piperazine rings is 1. The number of nitrogens with zero attached hydrogens (tertiary/aromatic N) is 3. The Bertz CT molecular complexity index is 1750. The van der Waals surface area contributed by atoms with Crippen LogP contribution in [0.4, 0.5) is 0 Å². The Hall–Kier alpha value is -3.44. The molecule has 1 aromatic heterocycles. The summed E-state index contributed by atoms with van der Waals surface area (Å²) in [4.78, 5) is 18.0. The zero-order valence-electron chi connectivity index (χ0n) is 26.1. The van der Waals surface area contributed by atoms with Gasteiger partial charge in [-0.05, 0) is 79.8 Å². The van der Waals surface area contributed by atoms with Gasteiger partial charge in [0.2, 0.25) is 9.84 Å². The predicted octanol–water partition coefficient (Wildman–Crippen LogP) is 5.37. The molecule has 1 saturated heterocycles. The highest BCUT2D eigenvalue weighted by Crippen LogP contribution is 2.29. The Morgan fingerprint density at radius 3 is 2.42 bits per heavy atom. The highest BCUT2D eigenvalue weighted by atomic mass is 32.2. The van der Waals surface area contributed by atoms with Gasteiger partial charge in [0.15, 0.2) is 5.58 Å². The monoisotopic (exact) mass is 632 g/mol. The average molecular weight is 633 g/mol. The second kappa shape index (κ2) is 13.9. The number of hydrogen-bond acceptors (Lipinski definition) is 8. The van der Waals surface area contributed by atoms with Crippen molar-refractivity contribution >= 4 is 20.9 Å². The van der Waals surface area contributed by atoms with Crippen LogP contribution < -0.4 is 16.2 Å². The molecule has 2 N–H and O–H groups in total. The fraction of sp³-hybridized carbons (Fsp3) is 0.457. The summed E-state index contributed by atoms with van der Waals surface area (Å²) in [6.45, 7) is 7.59. The summed E-state index contributed by atoms with van der Waals surface area (Å²) in [7, 11) is -3.72. The molecule has 0 amide bonds. The molecule has 1 aliphatic carbocycles. The van der Waals surface area contributed by atoms with Crippen LogP contribution in [-0.2, 0) is 22.9 Å². The van der Waals surface area contributed by atoms with Gasteiger partial charge in [0.05, 0.1) is 21.9 Å². The molecule has 6 rings (SSSR count).